The third-order valence-electron chi connectivity index (χ3n) is 0.509. The average molecular weight is 121 g/mol. The molecular weight excluding hydrogens is 114 g/mol. The minimum absolute atomic E-state index is 0.938. The van der Waals surface area contributed by atoms with Crippen molar-refractivity contribution in [2.75, 3.05) is 14.1 Å². The van der Waals surface area contributed by atoms with E-state index in [9.17, 15) is 8.42 Å². The molecule has 0 fully saturated rings. The standard InChI is InChI=1S/C3H7NO2S/c1-4(2)7(3,5)6/h3H,1-2H3. The molecule has 0 atom stereocenters. The maximum absolute atomic E-state index is 10.0. The topological polar surface area (TPSA) is 37.4 Å². The molecule has 0 aromatic rings. The highest BCUT2D eigenvalue weighted by molar-refractivity contribution is 7.90. The van der Waals surface area contributed by atoms with Crippen LogP contribution in [0.1, 0.15) is 0 Å². The molecule has 0 rings (SSSR count). The number of sulfonamides is 1. The van der Waals surface area contributed by atoms with Crippen molar-refractivity contribution in [3.05, 3.63) is 6.26 Å². The van der Waals surface area contributed by atoms with Gasteiger partial charge in [0.25, 0.3) is 0 Å². The molecule has 0 aliphatic carbocycles. The minimum Gasteiger partial charge on any atom is -0.212 e. The van der Waals surface area contributed by atoms with Crippen molar-refractivity contribution in [2.24, 2.45) is 0 Å². The van der Waals surface area contributed by atoms with Crippen LogP contribution in [0.2, 0.25) is 0 Å². The Labute approximate surface area is 44.0 Å². The first-order chi connectivity index (χ1) is 2.94. The summed E-state index contributed by atoms with van der Waals surface area (Å²) in [5.41, 5.74) is 0. The summed E-state index contributed by atoms with van der Waals surface area (Å²) in [7, 11) is -0.667. The molecule has 0 N–H and O–H groups in total. The normalized spacial score (nSPS) is 12.6. The van der Waals surface area contributed by atoms with Crippen molar-refractivity contribution in [1.82, 2.24) is 4.31 Å². The van der Waals surface area contributed by atoms with Gasteiger partial charge in [-0.25, -0.2) is 12.7 Å². The Morgan fingerprint density at radius 3 is 1.57 bits per heavy atom. The molecule has 0 aliphatic rings. The fourth-order valence-corrected chi connectivity index (χ4v) is 0. The Balaban J connectivity index is 4.10. The summed E-state index contributed by atoms with van der Waals surface area (Å²) in [5.74, 6) is 0. The fraction of sp³-hybridized carbons (Fsp3) is 0.667. The van der Waals surface area contributed by atoms with Gasteiger partial charge in [0.15, 0.2) is 0 Å². The van der Waals surface area contributed by atoms with E-state index in [0.29, 0.717) is 0 Å². The van der Waals surface area contributed by atoms with Gasteiger partial charge in [-0.05, 0) is 0 Å². The lowest BCUT2D eigenvalue weighted by atomic mass is 11.3. The average Bonchev–Trinajstić information content (AvgIpc) is 1.31. The quantitative estimate of drug-likeness (QED) is 0.471. The van der Waals surface area contributed by atoms with E-state index in [1.807, 2.05) is 0 Å². The highest BCUT2D eigenvalue weighted by Gasteiger charge is 2.01. The van der Waals surface area contributed by atoms with Gasteiger partial charge in [-0.1, -0.05) is 0 Å². The zero-order valence-corrected chi connectivity index (χ0v) is 5.07. The smallest absolute Gasteiger partial charge is 0.212 e. The Bertz CT molecular complexity index is 135. The van der Waals surface area contributed by atoms with Crippen LogP contribution in [0.15, 0.2) is 0 Å². The number of nitrogens with zero attached hydrogens (tertiary/aromatic N) is 1. The first-order valence-electron chi connectivity index (χ1n) is 1.65. The predicted octanol–water partition coefficient (Wildman–Crippen LogP) is -0.454. The summed E-state index contributed by atoms with van der Waals surface area (Å²) < 4.78 is 21.0. The molecule has 0 spiro atoms. The van der Waals surface area contributed by atoms with Crippen molar-refractivity contribution in [1.29, 1.82) is 0 Å². The molecule has 3 nitrogen and oxygen atoms in total. The zero-order valence-electron chi connectivity index (χ0n) is 4.25. The Kier molecular flexibility index (Phi) is 1.77. The zero-order chi connectivity index (χ0) is 6.08. The van der Waals surface area contributed by atoms with Gasteiger partial charge < -0.3 is 0 Å². The van der Waals surface area contributed by atoms with Gasteiger partial charge in [0.05, 0.1) is 0 Å². The molecule has 4 heteroatoms. The molecule has 0 amide bonds. The van der Waals surface area contributed by atoms with Crippen molar-refractivity contribution >= 4 is 10.0 Å². The van der Waals surface area contributed by atoms with Crippen LogP contribution in [0, 0.1) is 6.26 Å². The first-order valence-corrected chi connectivity index (χ1v) is 3.15. The number of hydrogen-bond donors (Lipinski definition) is 0. The van der Waals surface area contributed by atoms with Crippen LogP contribution in [-0.4, -0.2) is 26.8 Å². The summed E-state index contributed by atoms with van der Waals surface area (Å²) in [4.78, 5) is 0. The fourth-order valence-electron chi connectivity index (χ4n) is 0. The van der Waals surface area contributed by atoms with Crippen molar-refractivity contribution in [3.63, 3.8) is 0 Å². The monoisotopic (exact) mass is 121 g/mol. The molecule has 0 unspecified atom stereocenters. The first kappa shape index (κ1) is 6.91. The molecule has 0 aromatic heterocycles. The van der Waals surface area contributed by atoms with Crippen LogP contribution in [0.4, 0.5) is 0 Å². The van der Waals surface area contributed by atoms with Gasteiger partial charge in [0, 0.05) is 14.1 Å². The largest absolute Gasteiger partial charge is 0.219 e. The van der Waals surface area contributed by atoms with E-state index in [-0.39, 0.29) is 0 Å². The molecule has 7 heavy (non-hydrogen) atoms. The molecule has 0 aliphatic heterocycles. The summed E-state index contributed by atoms with van der Waals surface area (Å²) in [6.45, 7) is 0. The van der Waals surface area contributed by atoms with Crippen LogP contribution in [0.25, 0.3) is 0 Å². The van der Waals surface area contributed by atoms with Gasteiger partial charge >= 0.3 is 0 Å². The summed E-state index contributed by atoms with van der Waals surface area (Å²) in [6.07, 6.45) is 4.58. The van der Waals surface area contributed by atoms with Crippen LogP contribution >= 0.6 is 0 Å². The van der Waals surface area contributed by atoms with Gasteiger partial charge in [-0.15, -0.1) is 0 Å². The maximum atomic E-state index is 10.0. The van der Waals surface area contributed by atoms with E-state index in [4.69, 9.17) is 0 Å². The van der Waals surface area contributed by atoms with Gasteiger partial charge in [0.1, 0.15) is 6.26 Å². The molecule has 0 heterocycles. The second-order valence-electron chi connectivity index (χ2n) is 1.33. The molecule has 42 valence electrons. The Morgan fingerprint density at radius 2 is 1.57 bits per heavy atom. The lowest BCUT2D eigenvalue weighted by Gasteiger charge is -2.02. The van der Waals surface area contributed by atoms with Gasteiger partial charge in [-0.2, -0.15) is 0 Å². The van der Waals surface area contributed by atoms with Crippen molar-refractivity contribution in [3.8, 4) is 0 Å². The highest BCUT2D eigenvalue weighted by Crippen LogP contribution is 1.86. The third kappa shape index (κ3) is 2.59. The number of rotatable bonds is 1. The van der Waals surface area contributed by atoms with Crippen LogP contribution in [-0.2, 0) is 10.0 Å². The van der Waals surface area contributed by atoms with E-state index >= 15 is 0 Å². The van der Waals surface area contributed by atoms with Crippen LogP contribution in [0.3, 0.4) is 0 Å². The van der Waals surface area contributed by atoms with E-state index in [0.717, 1.165) is 4.31 Å². The van der Waals surface area contributed by atoms with E-state index in [1.54, 1.807) is 0 Å². The Hall–Kier alpha value is -0.0900. The molecule has 0 saturated heterocycles. The van der Waals surface area contributed by atoms with Gasteiger partial charge in [-0.3, -0.25) is 0 Å². The summed E-state index contributed by atoms with van der Waals surface area (Å²) in [5, 5.41) is 0. The maximum Gasteiger partial charge on any atom is 0.219 e. The second-order valence-corrected chi connectivity index (χ2v) is 3.09. The van der Waals surface area contributed by atoms with E-state index < -0.39 is 10.0 Å². The molecule has 0 aromatic carbocycles. The highest BCUT2D eigenvalue weighted by atomic mass is 32.2. The van der Waals surface area contributed by atoms with E-state index in [1.165, 1.54) is 14.1 Å². The second kappa shape index (κ2) is 1.79. The van der Waals surface area contributed by atoms with Crippen LogP contribution < -0.4 is 0 Å². The van der Waals surface area contributed by atoms with Gasteiger partial charge in [0.2, 0.25) is 10.0 Å². The minimum atomic E-state index is -3.41. The molecule has 0 saturated carbocycles. The lowest BCUT2D eigenvalue weighted by Crippen LogP contribution is -2.17. The Morgan fingerprint density at radius 1 is 1.43 bits per heavy atom. The van der Waals surface area contributed by atoms with Crippen molar-refractivity contribution in [2.45, 2.75) is 0 Å². The molecule has 2 radical (unpaired) electrons. The molecular formula is C3H7NO2S. The SMILES string of the molecule is [CH]S(=O)(=O)N(C)C. The summed E-state index contributed by atoms with van der Waals surface area (Å²) >= 11 is 0. The van der Waals surface area contributed by atoms with Crippen molar-refractivity contribution < 1.29 is 8.42 Å². The van der Waals surface area contributed by atoms with E-state index in [2.05, 4.69) is 6.26 Å². The molecule has 0 bridgehead atoms. The predicted molar refractivity (Wildman–Crippen MR) is 26.9 cm³/mol. The summed E-state index contributed by atoms with van der Waals surface area (Å²) in [6, 6.07) is 0. The number of hydrogen-bond acceptors (Lipinski definition) is 2. The lowest BCUT2D eigenvalue weighted by molar-refractivity contribution is 0.530. The third-order valence-corrected chi connectivity index (χ3v) is 1.53. The van der Waals surface area contributed by atoms with Crippen LogP contribution in [0.5, 0.6) is 0 Å².